The van der Waals surface area contributed by atoms with Gasteiger partial charge in [0.25, 0.3) is 5.91 Å². The minimum atomic E-state index is -0.817. The number of amides is 1. The maximum absolute atomic E-state index is 12.7. The van der Waals surface area contributed by atoms with Gasteiger partial charge in [-0.1, -0.05) is 0 Å². The number of piperazine rings is 1. The standard InChI is InChI=1S/C18H26N4O4/c23-17(24)6-4-13-3-5-15(26-13)18(25)22-9-7-21(8-10-22)16-11-14(19-20-16)12-1-2-12/h11-13,15H,1-10H2,(H,19,20)(H,23,24)/t13-,15+/m0/s1. The Morgan fingerprint density at radius 3 is 2.65 bits per heavy atom. The van der Waals surface area contributed by atoms with Crippen molar-refractivity contribution in [2.24, 2.45) is 0 Å². The SMILES string of the molecule is O=C(O)CC[C@@H]1CC[C@H](C(=O)N2CCN(c3cc(C4CC4)[nH]n3)CC2)O1. The highest BCUT2D eigenvalue weighted by Gasteiger charge is 2.35. The Kier molecular flexibility index (Phi) is 4.84. The number of carboxylic acid groups (broad SMARTS) is 1. The van der Waals surface area contributed by atoms with Gasteiger partial charge in [0.15, 0.2) is 5.82 Å². The molecule has 3 aliphatic rings. The van der Waals surface area contributed by atoms with E-state index in [4.69, 9.17) is 9.84 Å². The molecular formula is C18H26N4O4. The predicted molar refractivity (Wildman–Crippen MR) is 94.1 cm³/mol. The third-order valence-corrected chi connectivity index (χ3v) is 5.58. The Morgan fingerprint density at radius 2 is 1.96 bits per heavy atom. The Balaban J connectivity index is 1.25. The maximum atomic E-state index is 12.7. The topological polar surface area (TPSA) is 98.8 Å². The highest BCUT2D eigenvalue weighted by molar-refractivity contribution is 5.81. The molecular weight excluding hydrogens is 336 g/mol. The largest absolute Gasteiger partial charge is 0.481 e. The summed E-state index contributed by atoms with van der Waals surface area (Å²) >= 11 is 0. The van der Waals surface area contributed by atoms with Crippen molar-refractivity contribution in [1.82, 2.24) is 15.1 Å². The molecule has 2 N–H and O–H groups in total. The van der Waals surface area contributed by atoms with Crippen LogP contribution in [0.4, 0.5) is 5.82 Å². The Morgan fingerprint density at radius 1 is 1.19 bits per heavy atom. The van der Waals surface area contributed by atoms with Gasteiger partial charge in [0.2, 0.25) is 0 Å². The molecule has 8 heteroatoms. The summed E-state index contributed by atoms with van der Waals surface area (Å²) in [5.74, 6) is 0.864. The van der Waals surface area contributed by atoms with Crippen LogP contribution in [0.3, 0.4) is 0 Å². The first kappa shape index (κ1) is 17.3. The van der Waals surface area contributed by atoms with Gasteiger partial charge in [0, 0.05) is 50.3 Å². The summed E-state index contributed by atoms with van der Waals surface area (Å²) in [6.45, 7) is 2.89. The molecule has 142 valence electrons. The lowest BCUT2D eigenvalue weighted by Gasteiger charge is -2.35. The van der Waals surface area contributed by atoms with Gasteiger partial charge >= 0.3 is 5.97 Å². The number of hydrogen-bond donors (Lipinski definition) is 2. The van der Waals surface area contributed by atoms with Crippen LogP contribution >= 0.6 is 0 Å². The average Bonchev–Trinajstić information content (AvgIpc) is 3.19. The fourth-order valence-corrected chi connectivity index (χ4v) is 3.83. The van der Waals surface area contributed by atoms with Gasteiger partial charge in [-0.25, -0.2) is 0 Å². The van der Waals surface area contributed by atoms with Crippen molar-refractivity contribution >= 4 is 17.7 Å². The molecule has 8 nitrogen and oxygen atoms in total. The van der Waals surface area contributed by atoms with E-state index in [9.17, 15) is 9.59 Å². The summed E-state index contributed by atoms with van der Waals surface area (Å²) in [7, 11) is 0. The quantitative estimate of drug-likeness (QED) is 0.793. The molecule has 2 saturated heterocycles. The highest BCUT2D eigenvalue weighted by atomic mass is 16.5. The minimum absolute atomic E-state index is 0.0446. The summed E-state index contributed by atoms with van der Waals surface area (Å²) < 4.78 is 5.79. The second kappa shape index (κ2) is 7.26. The second-order valence-corrected chi connectivity index (χ2v) is 7.52. The number of carbonyl (C=O) groups is 2. The lowest BCUT2D eigenvalue weighted by Crippen LogP contribution is -2.51. The fraction of sp³-hybridized carbons (Fsp3) is 0.722. The van der Waals surface area contributed by atoms with Crippen LogP contribution in [0.5, 0.6) is 0 Å². The van der Waals surface area contributed by atoms with Crippen LogP contribution in [0.25, 0.3) is 0 Å². The normalized spacial score (nSPS) is 26.3. The molecule has 3 heterocycles. The third kappa shape index (κ3) is 3.85. The Hall–Kier alpha value is -2.09. The van der Waals surface area contributed by atoms with Crippen molar-refractivity contribution < 1.29 is 19.4 Å². The molecule has 2 atom stereocenters. The molecule has 1 amide bonds. The first-order valence-electron chi connectivity index (χ1n) is 9.56. The molecule has 26 heavy (non-hydrogen) atoms. The van der Waals surface area contributed by atoms with Crippen LogP contribution in [-0.4, -0.2) is 70.5 Å². The number of carbonyl (C=O) groups excluding carboxylic acids is 1. The number of nitrogens with zero attached hydrogens (tertiary/aromatic N) is 3. The van der Waals surface area contributed by atoms with Crippen LogP contribution in [0.15, 0.2) is 6.07 Å². The zero-order chi connectivity index (χ0) is 18.1. The average molecular weight is 362 g/mol. The highest BCUT2D eigenvalue weighted by Crippen LogP contribution is 2.39. The van der Waals surface area contributed by atoms with E-state index < -0.39 is 12.1 Å². The van der Waals surface area contributed by atoms with E-state index in [2.05, 4.69) is 21.2 Å². The Labute approximate surface area is 152 Å². The van der Waals surface area contributed by atoms with E-state index in [1.807, 2.05) is 4.90 Å². The lowest BCUT2D eigenvalue weighted by molar-refractivity contribution is -0.143. The molecule has 0 spiro atoms. The van der Waals surface area contributed by atoms with Crippen LogP contribution < -0.4 is 4.90 Å². The third-order valence-electron chi connectivity index (χ3n) is 5.58. The number of anilines is 1. The minimum Gasteiger partial charge on any atom is -0.481 e. The fourth-order valence-electron chi connectivity index (χ4n) is 3.83. The monoisotopic (exact) mass is 362 g/mol. The number of rotatable bonds is 6. The number of nitrogens with one attached hydrogen (secondary N) is 1. The molecule has 0 radical (unpaired) electrons. The Bertz CT molecular complexity index is 664. The number of ether oxygens (including phenoxy) is 1. The van der Waals surface area contributed by atoms with Gasteiger partial charge in [-0.15, -0.1) is 0 Å². The van der Waals surface area contributed by atoms with Gasteiger partial charge in [0.1, 0.15) is 6.10 Å². The summed E-state index contributed by atoms with van der Waals surface area (Å²) in [6.07, 6.45) is 4.01. The van der Waals surface area contributed by atoms with Crippen molar-refractivity contribution in [2.75, 3.05) is 31.1 Å². The van der Waals surface area contributed by atoms with Gasteiger partial charge in [-0.05, 0) is 32.1 Å². The van der Waals surface area contributed by atoms with Crippen molar-refractivity contribution in [3.8, 4) is 0 Å². The predicted octanol–water partition coefficient (Wildman–Crippen LogP) is 1.35. The molecule has 2 aliphatic heterocycles. The smallest absolute Gasteiger partial charge is 0.303 e. The summed E-state index contributed by atoms with van der Waals surface area (Å²) in [5.41, 5.74) is 1.23. The molecule has 1 saturated carbocycles. The first-order chi connectivity index (χ1) is 12.6. The molecule has 4 rings (SSSR count). The number of aliphatic carboxylic acids is 1. The van der Waals surface area contributed by atoms with Gasteiger partial charge in [-0.2, -0.15) is 5.10 Å². The number of hydrogen-bond acceptors (Lipinski definition) is 5. The van der Waals surface area contributed by atoms with E-state index in [-0.39, 0.29) is 18.4 Å². The summed E-state index contributed by atoms with van der Waals surface area (Å²) in [4.78, 5) is 27.4. The zero-order valence-electron chi connectivity index (χ0n) is 14.9. The van der Waals surface area contributed by atoms with E-state index >= 15 is 0 Å². The van der Waals surface area contributed by atoms with Gasteiger partial charge in [-0.3, -0.25) is 14.7 Å². The number of H-pyrrole nitrogens is 1. The maximum Gasteiger partial charge on any atom is 0.303 e. The van der Waals surface area contributed by atoms with E-state index in [0.717, 1.165) is 25.3 Å². The van der Waals surface area contributed by atoms with Crippen molar-refractivity contribution in [2.45, 2.75) is 56.7 Å². The molecule has 1 aromatic rings. The van der Waals surface area contributed by atoms with E-state index in [1.54, 1.807) is 0 Å². The second-order valence-electron chi connectivity index (χ2n) is 7.52. The zero-order valence-corrected chi connectivity index (χ0v) is 14.9. The van der Waals surface area contributed by atoms with E-state index in [0.29, 0.717) is 31.8 Å². The lowest BCUT2D eigenvalue weighted by atomic mass is 10.1. The van der Waals surface area contributed by atoms with Gasteiger partial charge in [0.05, 0.1) is 6.10 Å². The molecule has 1 aliphatic carbocycles. The van der Waals surface area contributed by atoms with Crippen molar-refractivity contribution in [3.63, 3.8) is 0 Å². The van der Waals surface area contributed by atoms with Crippen molar-refractivity contribution in [1.29, 1.82) is 0 Å². The molecule has 1 aromatic heterocycles. The molecule has 0 unspecified atom stereocenters. The number of aromatic nitrogens is 2. The van der Waals surface area contributed by atoms with Crippen molar-refractivity contribution in [3.05, 3.63) is 11.8 Å². The number of aromatic amines is 1. The first-order valence-corrected chi connectivity index (χ1v) is 9.56. The van der Waals surface area contributed by atoms with Crippen LogP contribution in [-0.2, 0) is 14.3 Å². The summed E-state index contributed by atoms with van der Waals surface area (Å²) in [5, 5.41) is 16.3. The molecule has 0 bridgehead atoms. The van der Waals surface area contributed by atoms with Crippen LogP contribution in [0.2, 0.25) is 0 Å². The van der Waals surface area contributed by atoms with Gasteiger partial charge < -0.3 is 19.6 Å². The van der Waals surface area contributed by atoms with Crippen LogP contribution in [0.1, 0.15) is 50.1 Å². The van der Waals surface area contributed by atoms with E-state index in [1.165, 1.54) is 18.5 Å². The molecule has 0 aromatic carbocycles. The molecule has 3 fully saturated rings. The summed E-state index contributed by atoms with van der Waals surface area (Å²) in [6, 6.07) is 2.14. The van der Waals surface area contributed by atoms with Crippen LogP contribution in [0, 0.1) is 0 Å². The number of carboxylic acids is 1.